The van der Waals surface area contributed by atoms with Gasteiger partial charge in [-0.3, -0.25) is 10.1 Å². The molecule has 0 aliphatic heterocycles. The molecule has 0 spiro atoms. The number of hydrogen-bond donors (Lipinski definition) is 2. The molecule has 3 aromatic carbocycles. The van der Waals surface area contributed by atoms with Gasteiger partial charge in [0.1, 0.15) is 18.1 Å². The summed E-state index contributed by atoms with van der Waals surface area (Å²) in [5.74, 6) is 1.14. The number of methoxy groups -OCH3 is 1. The molecule has 3 rings (SSSR count). The molecule has 0 heterocycles. The summed E-state index contributed by atoms with van der Waals surface area (Å²) in [6.07, 6.45) is 0. The van der Waals surface area contributed by atoms with Gasteiger partial charge < -0.3 is 14.8 Å². The molecule has 0 bridgehead atoms. The summed E-state index contributed by atoms with van der Waals surface area (Å²) in [7, 11) is 1.61. The van der Waals surface area contributed by atoms with Crippen LogP contribution in [0.25, 0.3) is 0 Å². The number of carbonyl (C=O) groups is 1. The van der Waals surface area contributed by atoms with E-state index in [1.165, 1.54) is 0 Å². The second kappa shape index (κ2) is 10.0. The highest BCUT2D eigenvalue weighted by molar-refractivity contribution is 9.10. The maximum Gasteiger partial charge on any atom is 0.257 e. The topological polar surface area (TPSA) is 59.6 Å². The fraction of sp³-hybridized carbons (Fsp3) is 0.0909. The molecule has 0 saturated carbocycles. The maximum atomic E-state index is 12.7. The lowest BCUT2D eigenvalue weighted by Gasteiger charge is -2.13. The average molecular weight is 471 g/mol. The van der Waals surface area contributed by atoms with Gasteiger partial charge in [0.25, 0.3) is 5.91 Å². The van der Waals surface area contributed by atoms with Crippen molar-refractivity contribution in [2.75, 3.05) is 12.4 Å². The van der Waals surface area contributed by atoms with Crippen molar-refractivity contribution in [3.63, 3.8) is 0 Å². The van der Waals surface area contributed by atoms with Gasteiger partial charge in [0.05, 0.1) is 7.11 Å². The molecule has 0 radical (unpaired) electrons. The lowest BCUT2D eigenvalue weighted by atomic mass is 10.1. The largest absolute Gasteiger partial charge is 0.497 e. The Morgan fingerprint density at radius 1 is 0.966 bits per heavy atom. The monoisotopic (exact) mass is 470 g/mol. The molecule has 0 unspecified atom stereocenters. The summed E-state index contributed by atoms with van der Waals surface area (Å²) in [5, 5.41) is 5.93. The van der Waals surface area contributed by atoms with Crippen LogP contribution in [-0.2, 0) is 6.61 Å². The zero-order chi connectivity index (χ0) is 20.6. The molecule has 5 nitrogen and oxygen atoms in total. The number of ether oxygens (including phenoxy) is 2. The lowest BCUT2D eigenvalue weighted by Crippen LogP contribution is -2.34. The van der Waals surface area contributed by atoms with Gasteiger partial charge in [-0.1, -0.05) is 34.1 Å². The fourth-order valence-electron chi connectivity index (χ4n) is 2.57. The van der Waals surface area contributed by atoms with Gasteiger partial charge in [-0.05, 0) is 66.8 Å². The van der Waals surface area contributed by atoms with Crippen LogP contribution < -0.4 is 20.1 Å². The molecule has 0 aliphatic carbocycles. The van der Waals surface area contributed by atoms with Crippen molar-refractivity contribution in [3.05, 3.63) is 88.4 Å². The van der Waals surface area contributed by atoms with Crippen molar-refractivity contribution in [2.45, 2.75) is 6.61 Å². The maximum absolute atomic E-state index is 12.7. The van der Waals surface area contributed by atoms with Crippen LogP contribution in [0.4, 0.5) is 5.69 Å². The molecule has 0 fully saturated rings. The van der Waals surface area contributed by atoms with Crippen molar-refractivity contribution in [1.29, 1.82) is 0 Å². The summed E-state index contributed by atoms with van der Waals surface area (Å²) >= 11 is 8.64. The van der Waals surface area contributed by atoms with Gasteiger partial charge in [-0.2, -0.15) is 0 Å². The van der Waals surface area contributed by atoms with Gasteiger partial charge in [0.2, 0.25) is 0 Å². The van der Waals surface area contributed by atoms with Gasteiger partial charge in [-0.15, -0.1) is 0 Å². The molecule has 3 aromatic rings. The van der Waals surface area contributed by atoms with Gasteiger partial charge in [0, 0.05) is 21.3 Å². The Hall–Kier alpha value is -2.90. The van der Waals surface area contributed by atoms with E-state index in [1.807, 2.05) is 60.7 Å². The molecule has 7 heteroatoms. The number of benzene rings is 3. The predicted octanol–water partition coefficient (Wildman–Crippen LogP) is 5.16. The number of hydrogen-bond acceptors (Lipinski definition) is 4. The van der Waals surface area contributed by atoms with Crippen LogP contribution in [0, 0.1) is 0 Å². The number of carbonyl (C=O) groups excluding carboxylic acids is 1. The highest BCUT2D eigenvalue weighted by Crippen LogP contribution is 2.19. The summed E-state index contributed by atoms with van der Waals surface area (Å²) in [6.45, 7) is 0.253. The number of nitrogens with one attached hydrogen (secondary N) is 2. The van der Waals surface area contributed by atoms with E-state index in [4.69, 9.17) is 21.7 Å². The van der Waals surface area contributed by atoms with Gasteiger partial charge in [-0.25, -0.2) is 0 Å². The van der Waals surface area contributed by atoms with Gasteiger partial charge >= 0.3 is 0 Å². The second-order valence-electron chi connectivity index (χ2n) is 6.04. The van der Waals surface area contributed by atoms with Crippen LogP contribution >= 0.6 is 28.1 Å². The van der Waals surface area contributed by atoms with Crippen LogP contribution in [-0.4, -0.2) is 18.1 Å². The zero-order valence-corrected chi connectivity index (χ0v) is 18.0. The summed E-state index contributed by atoms with van der Waals surface area (Å²) in [4.78, 5) is 12.7. The molecule has 0 aliphatic rings. The average Bonchev–Trinajstić information content (AvgIpc) is 2.74. The van der Waals surface area contributed by atoms with E-state index in [0.29, 0.717) is 11.3 Å². The second-order valence-corrected chi connectivity index (χ2v) is 7.36. The molecule has 1 amide bonds. The van der Waals surface area contributed by atoms with Crippen LogP contribution in [0.2, 0.25) is 0 Å². The molecule has 0 atom stereocenters. The molecule has 2 N–H and O–H groups in total. The van der Waals surface area contributed by atoms with Crippen molar-refractivity contribution in [2.24, 2.45) is 0 Å². The van der Waals surface area contributed by atoms with Crippen LogP contribution in [0.5, 0.6) is 11.5 Å². The minimum Gasteiger partial charge on any atom is -0.497 e. The summed E-state index contributed by atoms with van der Waals surface area (Å²) < 4.78 is 11.9. The Morgan fingerprint density at radius 3 is 2.31 bits per heavy atom. The molecular formula is C22H19BrN2O3S. The van der Waals surface area contributed by atoms with E-state index < -0.39 is 0 Å². The molecule has 0 aromatic heterocycles. The smallest absolute Gasteiger partial charge is 0.257 e. The van der Waals surface area contributed by atoms with E-state index in [0.717, 1.165) is 21.5 Å². The van der Waals surface area contributed by atoms with E-state index in [-0.39, 0.29) is 17.6 Å². The Bertz CT molecular complexity index is 992. The lowest BCUT2D eigenvalue weighted by molar-refractivity contribution is 0.0975. The van der Waals surface area contributed by atoms with E-state index in [9.17, 15) is 4.79 Å². The number of amides is 1. The SMILES string of the molecule is COc1ccc(OCc2ccccc2C(=O)NC(=S)Nc2ccc(Br)cc2)cc1. The van der Waals surface area contributed by atoms with Crippen LogP contribution in [0.1, 0.15) is 15.9 Å². The number of thiocarbonyl (C=S) groups is 1. The van der Waals surface area contributed by atoms with Crippen molar-refractivity contribution >= 4 is 44.9 Å². The Morgan fingerprint density at radius 2 is 1.62 bits per heavy atom. The normalized spacial score (nSPS) is 10.1. The number of rotatable bonds is 6. The number of halogens is 1. The van der Waals surface area contributed by atoms with Crippen molar-refractivity contribution in [1.82, 2.24) is 5.32 Å². The van der Waals surface area contributed by atoms with Crippen molar-refractivity contribution in [3.8, 4) is 11.5 Å². The third-order valence-corrected chi connectivity index (χ3v) is 4.78. The van der Waals surface area contributed by atoms with Gasteiger partial charge in [0.15, 0.2) is 5.11 Å². The molecular weight excluding hydrogens is 452 g/mol. The first-order valence-electron chi connectivity index (χ1n) is 8.78. The third-order valence-electron chi connectivity index (χ3n) is 4.04. The standard InChI is InChI=1S/C22H19BrN2O3S/c1-27-18-10-12-19(13-11-18)28-14-15-4-2-3-5-20(15)21(26)25-22(29)24-17-8-6-16(23)7-9-17/h2-13H,14H2,1H3,(H2,24,25,26,29). The Kier molecular flexibility index (Phi) is 7.21. The summed E-state index contributed by atoms with van der Waals surface area (Å²) in [6, 6.07) is 22.0. The molecule has 148 valence electrons. The quantitative estimate of drug-likeness (QED) is 0.487. The first-order valence-corrected chi connectivity index (χ1v) is 9.98. The Balaban J connectivity index is 1.62. The highest BCUT2D eigenvalue weighted by Gasteiger charge is 2.13. The highest BCUT2D eigenvalue weighted by atomic mass is 79.9. The summed E-state index contributed by atoms with van der Waals surface area (Å²) in [5.41, 5.74) is 2.04. The minimum atomic E-state index is -0.298. The first-order chi connectivity index (χ1) is 14.0. The molecule has 29 heavy (non-hydrogen) atoms. The fourth-order valence-corrected chi connectivity index (χ4v) is 3.04. The van der Waals surface area contributed by atoms with Crippen LogP contribution in [0.15, 0.2) is 77.3 Å². The van der Waals surface area contributed by atoms with E-state index in [2.05, 4.69) is 26.6 Å². The van der Waals surface area contributed by atoms with Crippen LogP contribution in [0.3, 0.4) is 0 Å². The Labute approximate surface area is 183 Å². The van der Waals surface area contributed by atoms with E-state index in [1.54, 1.807) is 19.2 Å². The first kappa shape index (κ1) is 20.8. The minimum absolute atomic E-state index is 0.225. The molecule has 0 saturated heterocycles. The number of anilines is 1. The van der Waals surface area contributed by atoms with E-state index >= 15 is 0 Å². The third kappa shape index (κ3) is 6.04. The van der Waals surface area contributed by atoms with Crippen molar-refractivity contribution < 1.29 is 14.3 Å². The predicted molar refractivity (Wildman–Crippen MR) is 122 cm³/mol. The zero-order valence-electron chi connectivity index (χ0n) is 15.6.